The number of nitro benzene ring substituents is 2. The molecule has 2 aromatic carbocycles. The van der Waals surface area contributed by atoms with Crippen LogP contribution in [-0.2, 0) is 9.59 Å². The van der Waals surface area contributed by atoms with E-state index in [9.17, 15) is 34.6 Å². The highest BCUT2D eigenvalue weighted by molar-refractivity contribution is 6.19. The van der Waals surface area contributed by atoms with Gasteiger partial charge in [-0.1, -0.05) is 6.07 Å². The van der Waals surface area contributed by atoms with E-state index in [-0.39, 0.29) is 36.1 Å². The average Bonchev–Trinajstić information content (AvgIpc) is 2.99. The normalized spacial score (nSPS) is 13.5. The van der Waals surface area contributed by atoms with Crippen molar-refractivity contribution in [2.24, 2.45) is 0 Å². The van der Waals surface area contributed by atoms with E-state index >= 15 is 0 Å². The number of ether oxygens (including phenoxy) is 1. The van der Waals surface area contributed by atoms with Gasteiger partial charge in [-0.3, -0.25) is 34.7 Å². The number of nitro groups is 2. The molecule has 1 saturated heterocycles. The Morgan fingerprint density at radius 3 is 2.25 bits per heavy atom. The van der Waals surface area contributed by atoms with Crippen molar-refractivity contribution in [2.45, 2.75) is 12.8 Å². The first-order valence-electron chi connectivity index (χ1n) is 7.89. The summed E-state index contributed by atoms with van der Waals surface area (Å²) < 4.78 is 5.10. The van der Waals surface area contributed by atoms with Crippen LogP contribution in [0, 0.1) is 20.2 Å². The van der Waals surface area contributed by atoms with Crippen LogP contribution >= 0.6 is 0 Å². The van der Waals surface area contributed by atoms with Gasteiger partial charge in [0.05, 0.1) is 21.6 Å². The quantitative estimate of drug-likeness (QED) is 0.250. The van der Waals surface area contributed by atoms with E-state index in [1.807, 2.05) is 0 Å². The number of esters is 1. The Morgan fingerprint density at radius 1 is 0.964 bits per heavy atom. The van der Waals surface area contributed by atoms with E-state index in [0.29, 0.717) is 6.07 Å². The van der Waals surface area contributed by atoms with Gasteiger partial charge in [0, 0.05) is 25.0 Å². The fourth-order valence-electron chi connectivity index (χ4n) is 2.67. The Balaban J connectivity index is 1.89. The third kappa shape index (κ3) is 3.53. The summed E-state index contributed by atoms with van der Waals surface area (Å²) in [4.78, 5) is 57.1. The van der Waals surface area contributed by atoms with Crippen LogP contribution in [0.4, 0.5) is 17.1 Å². The molecule has 2 aromatic rings. The van der Waals surface area contributed by atoms with E-state index in [0.717, 1.165) is 17.0 Å². The maximum atomic E-state index is 12.3. The van der Waals surface area contributed by atoms with Gasteiger partial charge in [-0.25, -0.2) is 4.79 Å². The molecule has 11 nitrogen and oxygen atoms in total. The second-order valence-electron chi connectivity index (χ2n) is 5.73. The first kappa shape index (κ1) is 18.6. The maximum absolute atomic E-state index is 12.3. The summed E-state index contributed by atoms with van der Waals surface area (Å²) >= 11 is 0. The van der Waals surface area contributed by atoms with Crippen molar-refractivity contribution in [1.29, 1.82) is 0 Å². The van der Waals surface area contributed by atoms with Crippen molar-refractivity contribution in [1.82, 2.24) is 0 Å². The molecule has 0 N–H and O–H groups in total. The largest absolute Gasteiger partial charge is 0.423 e. The lowest BCUT2D eigenvalue weighted by molar-refractivity contribution is -0.394. The zero-order chi connectivity index (χ0) is 20.4. The van der Waals surface area contributed by atoms with Gasteiger partial charge in [0.1, 0.15) is 11.3 Å². The zero-order valence-electron chi connectivity index (χ0n) is 14.1. The van der Waals surface area contributed by atoms with Crippen LogP contribution < -0.4 is 9.64 Å². The van der Waals surface area contributed by atoms with Crippen molar-refractivity contribution in [3.05, 3.63) is 68.3 Å². The van der Waals surface area contributed by atoms with Crippen molar-refractivity contribution in [3.8, 4) is 5.75 Å². The van der Waals surface area contributed by atoms with Crippen LogP contribution in [0.2, 0.25) is 0 Å². The molecule has 1 fully saturated rings. The van der Waals surface area contributed by atoms with Crippen molar-refractivity contribution in [2.75, 3.05) is 4.90 Å². The van der Waals surface area contributed by atoms with E-state index in [1.54, 1.807) is 0 Å². The van der Waals surface area contributed by atoms with Gasteiger partial charge in [0.15, 0.2) is 0 Å². The summed E-state index contributed by atoms with van der Waals surface area (Å²) in [5.74, 6) is -1.94. The van der Waals surface area contributed by atoms with Gasteiger partial charge >= 0.3 is 5.97 Å². The highest BCUT2D eigenvalue weighted by Crippen LogP contribution is 2.29. The molecule has 142 valence electrons. The highest BCUT2D eigenvalue weighted by atomic mass is 16.6. The molecule has 1 aliphatic heterocycles. The standard InChI is InChI=1S/C17H11N3O8/c21-15-6-7-16(22)18(15)10-2-1-3-12(8-10)28-17(23)13-5-4-11(19(24)25)9-14(13)20(26)27/h1-5,8-9H,6-7H2. The molecule has 0 aliphatic carbocycles. The summed E-state index contributed by atoms with van der Waals surface area (Å²) in [7, 11) is 0. The Hall–Kier alpha value is -4.15. The average molecular weight is 385 g/mol. The molecule has 28 heavy (non-hydrogen) atoms. The van der Waals surface area contributed by atoms with Gasteiger partial charge in [-0.05, 0) is 18.2 Å². The van der Waals surface area contributed by atoms with Crippen LogP contribution in [0.5, 0.6) is 5.75 Å². The van der Waals surface area contributed by atoms with Crippen molar-refractivity contribution < 1.29 is 29.0 Å². The number of hydrogen-bond donors (Lipinski definition) is 0. The number of benzene rings is 2. The fourth-order valence-corrected chi connectivity index (χ4v) is 2.67. The van der Waals surface area contributed by atoms with Crippen LogP contribution in [0.3, 0.4) is 0 Å². The number of nitrogens with zero attached hydrogens (tertiary/aromatic N) is 3. The summed E-state index contributed by atoms with van der Waals surface area (Å²) in [6.45, 7) is 0. The number of rotatable bonds is 5. The maximum Gasteiger partial charge on any atom is 0.350 e. The van der Waals surface area contributed by atoms with Crippen molar-refractivity contribution >= 4 is 34.8 Å². The summed E-state index contributed by atoms with van der Waals surface area (Å²) in [5.41, 5.74) is -1.60. The number of imide groups is 1. The van der Waals surface area contributed by atoms with Crippen LogP contribution in [0.15, 0.2) is 42.5 Å². The van der Waals surface area contributed by atoms with Gasteiger partial charge in [0.25, 0.3) is 11.4 Å². The number of amides is 2. The topological polar surface area (TPSA) is 150 Å². The van der Waals surface area contributed by atoms with E-state index in [2.05, 4.69) is 0 Å². The molecule has 1 heterocycles. The SMILES string of the molecule is O=C(Oc1cccc(N2C(=O)CCC2=O)c1)c1ccc([N+](=O)[O-])cc1[N+](=O)[O-]. The third-order valence-corrected chi connectivity index (χ3v) is 3.95. The number of carbonyl (C=O) groups excluding carboxylic acids is 3. The van der Waals surface area contributed by atoms with Crippen LogP contribution in [0.1, 0.15) is 23.2 Å². The zero-order valence-corrected chi connectivity index (χ0v) is 14.1. The van der Waals surface area contributed by atoms with E-state index in [4.69, 9.17) is 4.74 Å². The predicted molar refractivity (Wildman–Crippen MR) is 92.9 cm³/mol. The molecule has 0 radical (unpaired) electrons. The van der Waals surface area contributed by atoms with E-state index < -0.39 is 32.8 Å². The molecule has 3 rings (SSSR count). The molecule has 0 spiro atoms. The first-order chi connectivity index (χ1) is 13.3. The Kier molecular flexibility index (Phi) is 4.81. The molecular weight excluding hydrogens is 374 g/mol. The Labute approximate surface area is 156 Å². The molecule has 0 saturated carbocycles. The van der Waals surface area contributed by atoms with Gasteiger partial charge < -0.3 is 4.74 Å². The summed E-state index contributed by atoms with van der Waals surface area (Å²) in [5, 5.41) is 21.9. The number of carbonyl (C=O) groups is 3. The highest BCUT2D eigenvalue weighted by Gasteiger charge is 2.31. The lowest BCUT2D eigenvalue weighted by atomic mass is 10.1. The Bertz CT molecular complexity index is 1020. The van der Waals surface area contributed by atoms with Crippen molar-refractivity contribution in [3.63, 3.8) is 0 Å². The van der Waals surface area contributed by atoms with Crippen LogP contribution in [-0.4, -0.2) is 27.6 Å². The molecule has 11 heteroatoms. The van der Waals surface area contributed by atoms with E-state index in [1.165, 1.54) is 24.3 Å². The van der Waals surface area contributed by atoms with Gasteiger partial charge in [-0.15, -0.1) is 0 Å². The minimum atomic E-state index is -1.11. The molecule has 2 amide bonds. The van der Waals surface area contributed by atoms with Gasteiger partial charge in [0.2, 0.25) is 11.8 Å². The second-order valence-corrected chi connectivity index (χ2v) is 5.73. The second kappa shape index (κ2) is 7.23. The molecule has 0 aromatic heterocycles. The Morgan fingerprint density at radius 2 is 1.64 bits per heavy atom. The molecule has 0 atom stereocenters. The predicted octanol–water partition coefficient (Wildman–Crippen LogP) is 2.38. The summed E-state index contributed by atoms with van der Waals surface area (Å²) in [6, 6.07) is 8.10. The minimum Gasteiger partial charge on any atom is -0.423 e. The number of hydrogen-bond acceptors (Lipinski definition) is 8. The molecule has 1 aliphatic rings. The molecular formula is C17H11N3O8. The summed E-state index contributed by atoms with van der Waals surface area (Å²) in [6.07, 6.45) is 0.162. The fraction of sp³-hybridized carbons (Fsp3) is 0.118. The lowest BCUT2D eigenvalue weighted by Gasteiger charge is -2.14. The molecule has 0 bridgehead atoms. The molecule has 0 unspecified atom stereocenters. The monoisotopic (exact) mass is 385 g/mol. The van der Waals surface area contributed by atoms with Crippen LogP contribution in [0.25, 0.3) is 0 Å². The third-order valence-electron chi connectivity index (χ3n) is 3.95. The number of non-ortho nitro benzene ring substituents is 1. The minimum absolute atomic E-state index is 0.0531. The first-order valence-corrected chi connectivity index (χ1v) is 7.89. The lowest BCUT2D eigenvalue weighted by Crippen LogP contribution is -2.28. The number of anilines is 1. The van der Waals surface area contributed by atoms with Gasteiger partial charge in [-0.2, -0.15) is 0 Å². The smallest absolute Gasteiger partial charge is 0.350 e.